The Morgan fingerprint density at radius 1 is 1.71 bits per heavy atom. The van der Waals surface area contributed by atoms with Crippen molar-refractivity contribution in [3.05, 3.63) is 0 Å². The predicted molar refractivity (Wildman–Crippen MR) is 65.1 cm³/mol. The number of rotatable bonds is 5. The van der Waals surface area contributed by atoms with Crippen LogP contribution in [0.4, 0.5) is 0 Å². The van der Waals surface area contributed by atoms with Crippen molar-refractivity contribution in [3.63, 3.8) is 0 Å². The highest BCUT2D eigenvalue weighted by atomic mass is 32.2. The maximum atomic E-state index is 11.4. The maximum Gasteiger partial charge on any atom is 0.221 e. The average molecular weight is 234 g/mol. The van der Waals surface area contributed by atoms with Crippen LogP contribution in [0.2, 0.25) is 0 Å². The Kier molecular flexibility index (Phi) is 6.47. The smallest absolute Gasteiger partial charge is 0.221 e. The van der Waals surface area contributed by atoms with E-state index < -0.39 is 0 Å². The molecule has 0 aromatic rings. The van der Waals surface area contributed by atoms with Gasteiger partial charge in [-0.3, -0.25) is 4.79 Å². The molecule has 5 heteroatoms. The molecule has 1 aliphatic rings. The Balaban J connectivity index is 2.06. The summed E-state index contributed by atoms with van der Waals surface area (Å²) in [6, 6.07) is 0.378. The molecule has 1 heterocycles. The Morgan fingerprint density at radius 2 is 2.57 bits per heavy atom. The molecule has 0 bridgehead atoms. The first kappa shape index (κ1) is 12.2. The summed E-state index contributed by atoms with van der Waals surface area (Å²) in [5, 5.41) is 6.28. The van der Waals surface area contributed by atoms with Gasteiger partial charge in [0.25, 0.3) is 0 Å². The zero-order chi connectivity index (χ0) is 10.2. The zero-order valence-electron chi connectivity index (χ0n) is 8.54. The molecule has 0 saturated carbocycles. The van der Waals surface area contributed by atoms with Gasteiger partial charge in [0.05, 0.1) is 0 Å². The van der Waals surface area contributed by atoms with E-state index in [9.17, 15) is 4.79 Å². The summed E-state index contributed by atoms with van der Waals surface area (Å²) < 4.78 is 0. The lowest BCUT2D eigenvalue weighted by molar-refractivity contribution is -0.121. The Bertz CT molecular complexity index is 172. The van der Waals surface area contributed by atoms with E-state index in [1.54, 1.807) is 11.8 Å². The van der Waals surface area contributed by atoms with Crippen LogP contribution in [0.15, 0.2) is 0 Å². The molecule has 0 aromatic carbocycles. The van der Waals surface area contributed by atoms with Crippen molar-refractivity contribution in [2.24, 2.45) is 0 Å². The molecular formula is C9H18N2OS2. The second kappa shape index (κ2) is 7.43. The molecule has 3 nitrogen and oxygen atoms in total. The van der Waals surface area contributed by atoms with E-state index in [0.29, 0.717) is 12.5 Å². The maximum absolute atomic E-state index is 11.4. The summed E-state index contributed by atoms with van der Waals surface area (Å²) in [7, 11) is 0. The number of carbonyl (C=O) groups is 1. The average Bonchev–Trinajstić information content (AvgIpc) is 2.20. The predicted octanol–water partition coefficient (Wildman–Crippen LogP) is 0.561. The second-order valence-corrected chi connectivity index (χ2v) is 5.41. The van der Waals surface area contributed by atoms with Gasteiger partial charge in [-0.1, -0.05) is 0 Å². The van der Waals surface area contributed by atoms with Crippen molar-refractivity contribution in [3.8, 4) is 0 Å². The molecule has 1 saturated heterocycles. The first-order valence-corrected chi connectivity index (χ1v) is 7.44. The summed E-state index contributed by atoms with van der Waals surface area (Å²) in [6.07, 6.45) is 2.67. The fourth-order valence-electron chi connectivity index (χ4n) is 1.34. The third-order valence-electron chi connectivity index (χ3n) is 2.06. The molecule has 1 rings (SSSR count). The summed E-state index contributed by atoms with van der Waals surface area (Å²) in [4.78, 5) is 11.4. The third-order valence-corrected chi connectivity index (χ3v) is 3.80. The van der Waals surface area contributed by atoms with Crippen LogP contribution in [0, 0.1) is 0 Å². The number of carbonyl (C=O) groups excluding carboxylic acids is 1. The fraction of sp³-hybridized carbons (Fsp3) is 0.889. The van der Waals surface area contributed by atoms with E-state index in [4.69, 9.17) is 0 Å². The Hall–Kier alpha value is 0.130. The van der Waals surface area contributed by atoms with E-state index in [1.807, 2.05) is 18.0 Å². The third kappa shape index (κ3) is 5.12. The van der Waals surface area contributed by atoms with Crippen LogP contribution in [0.25, 0.3) is 0 Å². The van der Waals surface area contributed by atoms with Crippen molar-refractivity contribution < 1.29 is 4.79 Å². The van der Waals surface area contributed by atoms with Crippen molar-refractivity contribution >= 4 is 29.4 Å². The summed E-state index contributed by atoms with van der Waals surface area (Å²) >= 11 is 3.68. The minimum Gasteiger partial charge on any atom is -0.355 e. The van der Waals surface area contributed by atoms with Gasteiger partial charge in [-0.25, -0.2) is 0 Å². The van der Waals surface area contributed by atoms with Crippen molar-refractivity contribution in [1.29, 1.82) is 0 Å². The van der Waals surface area contributed by atoms with Gasteiger partial charge in [-0.2, -0.15) is 23.5 Å². The molecule has 0 spiro atoms. The number of thioether (sulfide) groups is 2. The number of hydrogen-bond acceptors (Lipinski definition) is 4. The molecule has 1 aliphatic heterocycles. The summed E-state index contributed by atoms with van der Waals surface area (Å²) in [5.74, 6) is 3.41. The largest absolute Gasteiger partial charge is 0.355 e. The molecule has 1 fully saturated rings. The normalized spacial score (nSPS) is 21.9. The number of nitrogens with one attached hydrogen (secondary N) is 2. The Morgan fingerprint density at radius 3 is 3.21 bits per heavy atom. The minimum absolute atomic E-state index is 0.180. The van der Waals surface area contributed by atoms with Gasteiger partial charge in [-0.05, 0) is 6.26 Å². The zero-order valence-corrected chi connectivity index (χ0v) is 10.2. The quantitative estimate of drug-likeness (QED) is 0.682. The molecule has 1 amide bonds. The van der Waals surface area contributed by atoms with Gasteiger partial charge in [0.1, 0.15) is 0 Å². The SMILES string of the molecule is CSCCNC(=O)CC1CSCCN1. The van der Waals surface area contributed by atoms with Crippen LogP contribution in [0.3, 0.4) is 0 Å². The van der Waals surface area contributed by atoms with Gasteiger partial charge < -0.3 is 10.6 Å². The monoisotopic (exact) mass is 234 g/mol. The van der Waals surface area contributed by atoms with Gasteiger partial charge >= 0.3 is 0 Å². The van der Waals surface area contributed by atoms with Gasteiger partial charge in [0.2, 0.25) is 5.91 Å². The van der Waals surface area contributed by atoms with E-state index in [0.717, 1.165) is 24.6 Å². The lowest BCUT2D eigenvalue weighted by Gasteiger charge is -2.22. The molecule has 0 aromatic heterocycles. The number of amides is 1. The highest BCUT2D eigenvalue weighted by molar-refractivity contribution is 7.99. The summed E-state index contributed by atoms with van der Waals surface area (Å²) in [5.41, 5.74) is 0. The van der Waals surface area contributed by atoms with Gasteiger partial charge in [0.15, 0.2) is 0 Å². The van der Waals surface area contributed by atoms with E-state index in [1.165, 1.54) is 5.75 Å². The molecule has 1 atom stereocenters. The topological polar surface area (TPSA) is 41.1 Å². The molecule has 1 unspecified atom stereocenters. The first-order chi connectivity index (χ1) is 6.83. The van der Waals surface area contributed by atoms with Crippen molar-refractivity contribution in [2.75, 3.05) is 36.6 Å². The van der Waals surface area contributed by atoms with Crippen molar-refractivity contribution in [1.82, 2.24) is 10.6 Å². The van der Waals surface area contributed by atoms with Crippen molar-refractivity contribution in [2.45, 2.75) is 12.5 Å². The fourth-order valence-corrected chi connectivity index (χ4v) is 2.59. The molecule has 82 valence electrons. The molecular weight excluding hydrogens is 216 g/mol. The summed E-state index contributed by atoms with van der Waals surface area (Å²) in [6.45, 7) is 1.83. The second-order valence-electron chi connectivity index (χ2n) is 3.27. The van der Waals surface area contributed by atoms with E-state index in [-0.39, 0.29) is 5.91 Å². The molecule has 0 radical (unpaired) electrons. The lowest BCUT2D eigenvalue weighted by Crippen LogP contribution is -2.41. The number of hydrogen-bond donors (Lipinski definition) is 2. The van der Waals surface area contributed by atoms with Crippen LogP contribution < -0.4 is 10.6 Å². The van der Waals surface area contributed by atoms with Crippen LogP contribution in [0.1, 0.15) is 6.42 Å². The molecule has 2 N–H and O–H groups in total. The lowest BCUT2D eigenvalue weighted by atomic mass is 10.2. The van der Waals surface area contributed by atoms with Gasteiger partial charge in [-0.15, -0.1) is 0 Å². The molecule has 0 aliphatic carbocycles. The first-order valence-electron chi connectivity index (χ1n) is 4.89. The molecule has 14 heavy (non-hydrogen) atoms. The van der Waals surface area contributed by atoms with Crippen LogP contribution in [-0.4, -0.2) is 48.6 Å². The Labute approximate surface area is 94.2 Å². The highest BCUT2D eigenvalue weighted by Gasteiger charge is 2.15. The van der Waals surface area contributed by atoms with E-state index in [2.05, 4.69) is 10.6 Å². The minimum atomic E-state index is 0.180. The van der Waals surface area contributed by atoms with E-state index >= 15 is 0 Å². The van der Waals surface area contributed by atoms with Gasteiger partial charge in [0, 0.05) is 42.8 Å². The van der Waals surface area contributed by atoms with Crippen LogP contribution >= 0.6 is 23.5 Å². The van der Waals surface area contributed by atoms with Crippen LogP contribution in [0.5, 0.6) is 0 Å². The van der Waals surface area contributed by atoms with Crippen LogP contribution in [-0.2, 0) is 4.79 Å². The standard InChI is InChI=1S/C9H18N2OS2/c1-13-4-2-11-9(12)6-8-7-14-5-3-10-8/h8,10H,2-7H2,1H3,(H,11,12). The highest BCUT2D eigenvalue weighted by Crippen LogP contribution is 2.09.